The summed E-state index contributed by atoms with van der Waals surface area (Å²) in [5.74, 6) is 0.782. The summed E-state index contributed by atoms with van der Waals surface area (Å²) < 4.78 is 6.97. The molecule has 0 aliphatic carbocycles. The summed E-state index contributed by atoms with van der Waals surface area (Å²) in [6, 6.07) is 15.4. The van der Waals surface area contributed by atoms with E-state index in [1.165, 1.54) is 0 Å². The lowest BCUT2D eigenvalue weighted by Crippen LogP contribution is -2.02. The summed E-state index contributed by atoms with van der Waals surface area (Å²) in [6.07, 6.45) is 3.39. The highest BCUT2D eigenvalue weighted by Crippen LogP contribution is 2.26. The molecule has 0 unspecified atom stereocenters. The van der Waals surface area contributed by atoms with Gasteiger partial charge in [-0.05, 0) is 42.8 Å². The molecule has 0 radical (unpaired) electrons. The number of allylic oxidation sites excluding steroid dienone is 1. The van der Waals surface area contributed by atoms with Gasteiger partial charge in [0.2, 0.25) is 0 Å². The lowest BCUT2D eigenvalue weighted by Gasteiger charge is -2.06. The van der Waals surface area contributed by atoms with Crippen LogP contribution in [0.25, 0.3) is 11.6 Å². The van der Waals surface area contributed by atoms with Crippen molar-refractivity contribution in [1.29, 1.82) is 5.26 Å². The predicted octanol–water partition coefficient (Wildman–Crippen LogP) is 4.36. The molecule has 6 heteroatoms. The highest BCUT2D eigenvalue weighted by molar-refractivity contribution is 6.31. The Labute approximate surface area is 157 Å². The van der Waals surface area contributed by atoms with Crippen LogP contribution in [0.5, 0.6) is 5.75 Å². The number of ether oxygens (including phenoxy) is 1. The van der Waals surface area contributed by atoms with E-state index in [-0.39, 0.29) is 0 Å². The van der Waals surface area contributed by atoms with Crippen LogP contribution in [0.2, 0.25) is 5.15 Å². The SMILES string of the molecule is COc1cccc(Cn2nc(C)c(/C=C(/C#N)c3ccccn3)c2Cl)c1. The number of aromatic nitrogens is 3. The summed E-state index contributed by atoms with van der Waals surface area (Å²) in [6.45, 7) is 2.38. The molecule has 0 saturated heterocycles. The number of halogens is 1. The topological polar surface area (TPSA) is 63.7 Å². The maximum Gasteiger partial charge on any atom is 0.134 e. The van der Waals surface area contributed by atoms with Crippen LogP contribution in [0.1, 0.15) is 22.5 Å². The summed E-state index contributed by atoms with van der Waals surface area (Å²) in [5, 5.41) is 14.5. The molecule has 0 bridgehead atoms. The molecular formula is C20H17ClN4O. The van der Waals surface area contributed by atoms with Crippen molar-refractivity contribution in [3.8, 4) is 11.8 Å². The van der Waals surface area contributed by atoms with Crippen LogP contribution in [0.3, 0.4) is 0 Å². The first-order chi connectivity index (χ1) is 12.6. The van der Waals surface area contributed by atoms with E-state index in [9.17, 15) is 5.26 Å². The maximum absolute atomic E-state index is 9.48. The standard InChI is InChI=1S/C20H17ClN4O/c1-14-18(11-16(12-22)19-8-3-4-9-23-19)20(21)25(24-14)13-15-6-5-7-17(10-15)26-2/h3-11H,13H2,1-2H3/b16-11-. The molecule has 0 amide bonds. The number of nitriles is 1. The first-order valence-corrected chi connectivity index (χ1v) is 8.39. The van der Waals surface area contributed by atoms with Crippen LogP contribution in [0.15, 0.2) is 48.7 Å². The summed E-state index contributed by atoms with van der Waals surface area (Å²) in [7, 11) is 1.63. The zero-order valence-electron chi connectivity index (χ0n) is 14.5. The van der Waals surface area contributed by atoms with Gasteiger partial charge in [-0.2, -0.15) is 10.4 Å². The fraction of sp³-hybridized carbons (Fsp3) is 0.150. The van der Waals surface area contributed by atoms with E-state index in [1.807, 2.05) is 43.3 Å². The minimum atomic E-state index is 0.441. The van der Waals surface area contributed by atoms with E-state index >= 15 is 0 Å². The third-order valence-corrected chi connectivity index (χ3v) is 4.32. The van der Waals surface area contributed by atoms with E-state index in [0.29, 0.717) is 23.0 Å². The molecule has 0 saturated carbocycles. The summed E-state index contributed by atoms with van der Waals surface area (Å²) in [4.78, 5) is 4.22. The zero-order valence-corrected chi connectivity index (χ0v) is 15.2. The second-order valence-electron chi connectivity index (χ2n) is 5.68. The first kappa shape index (κ1) is 17.7. The van der Waals surface area contributed by atoms with Gasteiger partial charge in [0, 0.05) is 11.8 Å². The van der Waals surface area contributed by atoms with Crippen molar-refractivity contribution in [3.05, 3.63) is 76.3 Å². The average molecular weight is 365 g/mol. The molecule has 0 aliphatic heterocycles. The quantitative estimate of drug-likeness (QED) is 0.631. The molecule has 130 valence electrons. The van der Waals surface area contributed by atoms with Gasteiger partial charge < -0.3 is 4.74 Å². The predicted molar refractivity (Wildman–Crippen MR) is 102 cm³/mol. The maximum atomic E-state index is 9.48. The van der Waals surface area contributed by atoms with Crippen LogP contribution in [-0.2, 0) is 6.54 Å². The minimum Gasteiger partial charge on any atom is -0.497 e. The fourth-order valence-corrected chi connectivity index (χ4v) is 2.90. The average Bonchev–Trinajstić information content (AvgIpc) is 2.93. The Morgan fingerprint density at radius 3 is 2.85 bits per heavy atom. The number of pyridine rings is 1. The van der Waals surface area contributed by atoms with Crippen LogP contribution < -0.4 is 4.74 Å². The lowest BCUT2D eigenvalue weighted by atomic mass is 10.1. The summed E-state index contributed by atoms with van der Waals surface area (Å²) in [5.41, 5.74) is 3.54. The molecule has 2 aromatic heterocycles. The van der Waals surface area contributed by atoms with E-state index in [4.69, 9.17) is 16.3 Å². The van der Waals surface area contributed by atoms with Gasteiger partial charge in [-0.1, -0.05) is 29.8 Å². The number of benzene rings is 1. The van der Waals surface area contributed by atoms with Crippen molar-refractivity contribution < 1.29 is 4.74 Å². The fourth-order valence-electron chi connectivity index (χ4n) is 2.61. The van der Waals surface area contributed by atoms with Crippen molar-refractivity contribution in [2.24, 2.45) is 0 Å². The Morgan fingerprint density at radius 2 is 2.15 bits per heavy atom. The number of methoxy groups -OCH3 is 1. The zero-order chi connectivity index (χ0) is 18.5. The van der Waals surface area contributed by atoms with Crippen LogP contribution in [0.4, 0.5) is 0 Å². The van der Waals surface area contributed by atoms with Crippen LogP contribution in [-0.4, -0.2) is 21.9 Å². The Morgan fingerprint density at radius 1 is 1.31 bits per heavy atom. The largest absolute Gasteiger partial charge is 0.497 e. The first-order valence-electron chi connectivity index (χ1n) is 8.01. The smallest absolute Gasteiger partial charge is 0.134 e. The van der Waals surface area contributed by atoms with Gasteiger partial charge in [-0.3, -0.25) is 4.98 Å². The van der Waals surface area contributed by atoms with E-state index < -0.39 is 0 Å². The molecular weight excluding hydrogens is 348 g/mol. The van der Waals surface area contributed by atoms with E-state index in [0.717, 1.165) is 22.6 Å². The van der Waals surface area contributed by atoms with Crippen molar-refractivity contribution in [3.63, 3.8) is 0 Å². The molecule has 3 aromatic rings. The second-order valence-corrected chi connectivity index (χ2v) is 6.04. The monoisotopic (exact) mass is 364 g/mol. The number of rotatable bonds is 5. The van der Waals surface area contributed by atoms with Crippen molar-refractivity contribution in [2.75, 3.05) is 7.11 Å². The van der Waals surface area contributed by atoms with Crippen LogP contribution >= 0.6 is 11.6 Å². The normalized spacial score (nSPS) is 11.2. The highest BCUT2D eigenvalue weighted by Gasteiger charge is 2.14. The molecule has 0 aliphatic rings. The van der Waals surface area contributed by atoms with Crippen molar-refractivity contribution in [2.45, 2.75) is 13.5 Å². The highest BCUT2D eigenvalue weighted by atomic mass is 35.5. The van der Waals surface area contributed by atoms with Gasteiger partial charge in [0.1, 0.15) is 17.0 Å². The number of hydrogen-bond donors (Lipinski definition) is 0. The van der Waals surface area contributed by atoms with Gasteiger partial charge in [0.05, 0.1) is 30.6 Å². The molecule has 5 nitrogen and oxygen atoms in total. The van der Waals surface area contributed by atoms with Gasteiger partial charge in [-0.15, -0.1) is 0 Å². The second kappa shape index (κ2) is 7.85. The number of aryl methyl sites for hydroxylation is 1. The van der Waals surface area contributed by atoms with Gasteiger partial charge in [0.25, 0.3) is 0 Å². The molecule has 2 heterocycles. The van der Waals surface area contributed by atoms with E-state index in [2.05, 4.69) is 16.2 Å². The van der Waals surface area contributed by atoms with Crippen molar-refractivity contribution >= 4 is 23.3 Å². The number of hydrogen-bond acceptors (Lipinski definition) is 4. The van der Waals surface area contributed by atoms with Gasteiger partial charge >= 0.3 is 0 Å². The van der Waals surface area contributed by atoms with Crippen molar-refractivity contribution in [1.82, 2.24) is 14.8 Å². The third kappa shape index (κ3) is 3.76. The molecule has 26 heavy (non-hydrogen) atoms. The molecule has 0 fully saturated rings. The lowest BCUT2D eigenvalue weighted by molar-refractivity contribution is 0.414. The Bertz CT molecular complexity index is 987. The Kier molecular flexibility index (Phi) is 5.35. The molecule has 0 N–H and O–H groups in total. The Hall–Kier alpha value is -3.10. The van der Waals surface area contributed by atoms with E-state index in [1.54, 1.807) is 30.1 Å². The molecule has 0 spiro atoms. The van der Waals surface area contributed by atoms with Crippen LogP contribution in [0, 0.1) is 18.3 Å². The summed E-state index contributed by atoms with van der Waals surface area (Å²) >= 11 is 6.54. The van der Waals surface area contributed by atoms with Gasteiger partial charge in [-0.25, -0.2) is 4.68 Å². The molecule has 0 atom stereocenters. The molecule has 3 rings (SSSR count). The molecule has 1 aromatic carbocycles. The number of nitrogens with zero attached hydrogens (tertiary/aromatic N) is 4. The Balaban J connectivity index is 1.95. The minimum absolute atomic E-state index is 0.441. The third-order valence-electron chi connectivity index (χ3n) is 3.93. The van der Waals surface area contributed by atoms with Gasteiger partial charge in [0.15, 0.2) is 0 Å².